The molecule has 0 saturated heterocycles. The first-order chi connectivity index (χ1) is 10.2. The van der Waals surface area contributed by atoms with Crippen LogP contribution in [0, 0.1) is 13.8 Å². The molecule has 2 N–H and O–H groups in total. The van der Waals surface area contributed by atoms with Crippen molar-refractivity contribution < 1.29 is 9.05 Å². The van der Waals surface area contributed by atoms with E-state index < -0.39 is 0 Å². The molecule has 2 aromatic heterocycles. The summed E-state index contributed by atoms with van der Waals surface area (Å²) in [7, 11) is 0. The molecular formula is C15H17ClN4O2. The largest absolute Gasteiger partial charge is 0.361 e. The van der Waals surface area contributed by atoms with Gasteiger partial charge in [0.15, 0.2) is 0 Å². The van der Waals surface area contributed by atoms with Crippen LogP contribution in [0.2, 0.25) is 0 Å². The van der Waals surface area contributed by atoms with Crippen LogP contribution in [0.3, 0.4) is 0 Å². The molecule has 116 valence electrons. The number of rotatable bonds is 4. The van der Waals surface area contributed by atoms with Crippen molar-refractivity contribution in [1.29, 1.82) is 0 Å². The molecule has 0 unspecified atom stereocenters. The molecule has 0 saturated carbocycles. The van der Waals surface area contributed by atoms with Crippen LogP contribution >= 0.6 is 12.4 Å². The highest BCUT2D eigenvalue weighted by Crippen LogP contribution is 2.20. The third kappa shape index (κ3) is 3.18. The quantitative estimate of drug-likeness (QED) is 0.794. The predicted molar refractivity (Wildman–Crippen MR) is 83.7 cm³/mol. The van der Waals surface area contributed by atoms with Crippen LogP contribution in [0.25, 0.3) is 11.4 Å². The molecule has 0 aliphatic rings. The Balaban J connectivity index is 0.00000176. The highest BCUT2D eigenvalue weighted by molar-refractivity contribution is 5.85. The Hall–Kier alpha value is -2.18. The lowest BCUT2D eigenvalue weighted by molar-refractivity contribution is 0.381. The summed E-state index contributed by atoms with van der Waals surface area (Å²) in [5.74, 6) is 1.89. The summed E-state index contributed by atoms with van der Waals surface area (Å²) in [5.41, 5.74) is 9.39. The van der Waals surface area contributed by atoms with Crippen molar-refractivity contribution in [2.75, 3.05) is 0 Å². The predicted octanol–water partition coefficient (Wildman–Crippen LogP) is 2.81. The number of hydrogen-bond donors (Lipinski definition) is 1. The molecule has 22 heavy (non-hydrogen) atoms. The minimum absolute atomic E-state index is 0. The Morgan fingerprint density at radius 1 is 1.05 bits per heavy atom. The van der Waals surface area contributed by atoms with E-state index in [0.717, 1.165) is 28.1 Å². The number of aryl methyl sites for hydroxylation is 2. The van der Waals surface area contributed by atoms with Gasteiger partial charge in [0.05, 0.1) is 12.1 Å². The van der Waals surface area contributed by atoms with Gasteiger partial charge >= 0.3 is 0 Å². The van der Waals surface area contributed by atoms with Crippen molar-refractivity contribution >= 4 is 12.4 Å². The van der Waals surface area contributed by atoms with Crippen molar-refractivity contribution in [3.8, 4) is 11.4 Å². The summed E-state index contributed by atoms with van der Waals surface area (Å²) in [6.45, 7) is 4.29. The minimum atomic E-state index is 0. The second-order valence-corrected chi connectivity index (χ2v) is 4.89. The van der Waals surface area contributed by atoms with Crippen LogP contribution in [0.5, 0.6) is 0 Å². The summed E-state index contributed by atoms with van der Waals surface area (Å²) in [4.78, 5) is 4.41. The normalized spacial score (nSPS) is 10.5. The zero-order valence-electron chi connectivity index (χ0n) is 12.4. The third-order valence-electron chi connectivity index (χ3n) is 3.43. The summed E-state index contributed by atoms with van der Waals surface area (Å²) < 4.78 is 10.4. The summed E-state index contributed by atoms with van der Waals surface area (Å²) in [6.07, 6.45) is 0.523. The molecule has 0 radical (unpaired) electrons. The van der Waals surface area contributed by atoms with Crippen LogP contribution in [-0.2, 0) is 13.0 Å². The van der Waals surface area contributed by atoms with Gasteiger partial charge in [0.2, 0.25) is 11.7 Å². The van der Waals surface area contributed by atoms with Crippen molar-refractivity contribution in [1.82, 2.24) is 15.3 Å². The molecule has 0 aliphatic carbocycles. The van der Waals surface area contributed by atoms with Gasteiger partial charge in [-0.05, 0) is 19.4 Å². The Bertz CT molecular complexity index is 730. The van der Waals surface area contributed by atoms with Crippen LogP contribution in [0.15, 0.2) is 33.3 Å². The molecule has 0 atom stereocenters. The second-order valence-electron chi connectivity index (χ2n) is 4.89. The molecule has 1 aromatic carbocycles. The average molecular weight is 321 g/mol. The van der Waals surface area contributed by atoms with Crippen molar-refractivity contribution in [2.24, 2.45) is 5.73 Å². The standard InChI is InChI=1S/C15H16N4O2.ClH/c1-9-13(10(2)20-18-9)7-14-17-15(19-21-14)12-5-3-11(8-16)4-6-12;/h3-6H,7-8,16H2,1-2H3;1H. The van der Waals surface area contributed by atoms with Crippen LogP contribution in [0.4, 0.5) is 0 Å². The van der Waals surface area contributed by atoms with Crippen molar-refractivity contribution in [3.05, 3.63) is 52.7 Å². The van der Waals surface area contributed by atoms with Gasteiger partial charge in [-0.25, -0.2) is 0 Å². The molecule has 0 amide bonds. The van der Waals surface area contributed by atoms with E-state index in [1.807, 2.05) is 38.1 Å². The zero-order chi connectivity index (χ0) is 14.8. The lowest BCUT2D eigenvalue weighted by Crippen LogP contribution is -1.95. The van der Waals surface area contributed by atoms with Gasteiger partial charge in [-0.2, -0.15) is 4.98 Å². The molecule has 0 aliphatic heterocycles. The Morgan fingerprint density at radius 3 is 2.36 bits per heavy atom. The smallest absolute Gasteiger partial charge is 0.231 e. The highest BCUT2D eigenvalue weighted by atomic mass is 35.5. The van der Waals surface area contributed by atoms with Crippen LogP contribution < -0.4 is 5.73 Å². The van der Waals surface area contributed by atoms with E-state index in [2.05, 4.69) is 15.3 Å². The maximum atomic E-state index is 5.58. The Kier molecular flexibility index (Phi) is 4.95. The number of benzene rings is 1. The first kappa shape index (κ1) is 16.2. The van der Waals surface area contributed by atoms with Gasteiger partial charge in [-0.3, -0.25) is 0 Å². The van der Waals surface area contributed by atoms with Crippen LogP contribution in [0.1, 0.15) is 28.5 Å². The van der Waals surface area contributed by atoms with E-state index in [4.69, 9.17) is 14.8 Å². The summed E-state index contributed by atoms with van der Waals surface area (Å²) >= 11 is 0. The van der Waals surface area contributed by atoms with E-state index in [-0.39, 0.29) is 12.4 Å². The third-order valence-corrected chi connectivity index (χ3v) is 3.43. The second kappa shape index (κ2) is 6.72. The van der Waals surface area contributed by atoms with Crippen molar-refractivity contribution in [3.63, 3.8) is 0 Å². The van der Waals surface area contributed by atoms with E-state index in [1.54, 1.807) is 0 Å². The Morgan fingerprint density at radius 2 is 1.77 bits per heavy atom. The number of hydrogen-bond acceptors (Lipinski definition) is 6. The van der Waals surface area contributed by atoms with Crippen LogP contribution in [-0.4, -0.2) is 15.3 Å². The van der Waals surface area contributed by atoms with Gasteiger partial charge in [0.1, 0.15) is 5.76 Å². The number of nitrogens with two attached hydrogens (primary N) is 1. The zero-order valence-corrected chi connectivity index (χ0v) is 13.2. The van der Waals surface area contributed by atoms with Crippen molar-refractivity contribution in [2.45, 2.75) is 26.8 Å². The molecular weight excluding hydrogens is 304 g/mol. The Labute approximate surface area is 134 Å². The van der Waals surface area contributed by atoms with E-state index >= 15 is 0 Å². The van der Waals surface area contributed by atoms with Gasteiger partial charge in [-0.1, -0.05) is 34.6 Å². The lowest BCUT2D eigenvalue weighted by Gasteiger charge is -1.97. The van der Waals surface area contributed by atoms with Gasteiger partial charge < -0.3 is 14.8 Å². The molecule has 0 spiro atoms. The molecule has 3 aromatic rings. The topological polar surface area (TPSA) is 91.0 Å². The van der Waals surface area contributed by atoms with Gasteiger partial charge in [-0.15, -0.1) is 12.4 Å². The molecule has 7 heteroatoms. The minimum Gasteiger partial charge on any atom is -0.361 e. The molecule has 6 nitrogen and oxygen atoms in total. The molecule has 2 heterocycles. The molecule has 0 fully saturated rings. The fourth-order valence-electron chi connectivity index (χ4n) is 2.14. The van der Waals surface area contributed by atoms with E-state index in [1.165, 1.54) is 0 Å². The summed E-state index contributed by atoms with van der Waals surface area (Å²) in [5, 5.41) is 7.93. The van der Waals surface area contributed by atoms with Gasteiger partial charge in [0, 0.05) is 17.7 Å². The molecule has 3 rings (SSSR count). The number of halogens is 1. The van der Waals surface area contributed by atoms with Gasteiger partial charge in [0.25, 0.3) is 0 Å². The first-order valence-corrected chi connectivity index (χ1v) is 6.71. The summed E-state index contributed by atoms with van der Waals surface area (Å²) in [6, 6.07) is 7.79. The monoisotopic (exact) mass is 320 g/mol. The SMILES string of the molecule is Cc1noc(C)c1Cc1nc(-c2ccc(CN)cc2)no1.Cl. The maximum absolute atomic E-state index is 5.58. The number of aromatic nitrogens is 3. The number of nitrogens with zero attached hydrogens (tertiary/aromatic N) is 3. The fourth-order valence-corrected chi connectivity index (χ4v) is 2.14. The molecule has 0 bridgehead atoms. The first-order valence-electron chi connectivity index (χ1n) is 6.71. The highest BCUT2D eigenvalue weighted by Gasteiger charge is 2.15. The average Bonchev–Trinajstić information content (AvgIpc) is 3.10. The lowest BCUT2D eigenvalue weighted by atomic mass is 10.1. The van der Waals surface area contributed by atoms with E-state index in [0.29, 0.717) is 24.7 Å². The van der Waals surface area contributed by atoms with E-state index in [9.17, 15) is 0 Å². The maximum Gasteiger partial charge on any atom is 0.231 e. The fraction of sp³-hybridized carbons (Fsp3) is 0.267.